The molecule has 1 aromatic carbocycles. The highest BCUT2D eigenvalue weighted by atomic mass is 16.4. The molecule has 21 heavy (non-hydrogen) atoms. The van der Waals surface area contributed by atoms with Gasteiger partial charge in [0.2, 0.25) is 5.91 Å². The van der Waals surface area contributed by atoms with E-state index in [-0.39, 0.29) is 12.5 Å². The quantitative estimate of drug-likeness (QED) is 0.928. The number of rotatable bonds is 3. The normalized spacial score (nSPS) is 18.9. The van der Waals surface area contributed by atoms with Crippen molar-refractivity contribution in [2.45, 2.75) is 31.8 Å². The maximum absolute atomic E-state index is 12.4. The molecule has 1 atom stereocenters. The van der Waals surface area contributed by atoms with Crippen LogP contribution in [0, 0.1) is 0 Å². The van der Waals surface area contributed by atoms with Gasteiger partial charge in [0.05, 0.1) is 17.4 Å². The molecule has 2 heterocycles. The Balaban J connectivity index is 1.80. The number of para-hydroxylation sites is 2. The lowest BCUT2D eigenvalue weighted by molar-refractivity contribution is -0.152. The first-order valence-corrected chi connectivity index (χ1v) is 7.09. The lowest BCUT2D eigenvalue weighted by Gasteiger charge is -2.33. The first-order chi connectivity index (χ1) is 10.2. The lowest BCUT2D eigenvalue weighted by Crippen LogP contribution is -2.49. The zero-order valence-electron chi connectivity index (χ0n) is 11.6. The molecule has 110 valence electrons. The number of benzene rings is 1. The van der Waals surface area contributed by atoms with Gasteiger partial charge < -0.3 is 14.6 Å². The number of amides is 1. The number of imidazole rings is 1. The van der Waals surface area contributed by atoms with Crippen LogP contribution in [0.3, 0.4) is 0 Å². The second kappa shape index (κ2) is 5.55. The molecule has 1 N–H and O–H groups in total. The number of aromatic nitrogens is 2. The Morgan fingerprint density at radius 1 is 1.29 bits per heavy atom. The maximum atomic E-state index is 12.4. The molecule has 1 fully saturated rings. The minimum atomic E-state index is -0.918. The van der Waals surface area contributed by atoms with Crippen molar-refractivity contribution in [2.75, 3.05) is 6.54 Å². The number of piperidine rings is 1. The van der Waals surface area contributed by atoms with Crippen LogP contribution in [0.1, 0.15) is 19.3 Å². The Morgan fingerprint density at radius 2 is 2.10 bits per heavy atom. The number of nitrogens with zero attached hydrogens (tertiary/aromatic N) is 3. The molecule has 2 aromatic rings. The van der Waals surface area contributed by atoms with Gasteiger partial charge in [-0.05, 0) is 31.4 Å². The summed E-state index contributed by atoms with van der Waals surface area (Å²) < 4.78 is 1.77. The summed E-state index contributed by atoms with van der Waals surface area (Å²) in [6.45, 7) is 0.646. The van der Waals surface area contributed by atoms with Gasteiger partial charge in [-0.15, -0.1) is 0 Å². The van der Waals surface area contributed by atoms with Crippen LogP contribution in [0.25, 0.3) is 11.0 Å². The van der Waals surface area contributed by atoms with Crippen molar-refractivity contribution < 1.29 is 14.7 Å². The monoisotopic (exact) mass is 287 g/mol. The molecule has 0 radical (unpaired) electrons. The van der Waals surface area contributed by atoms with E-state index in [4.69, 9.17) is 0 Å². The molecular weight excluding hydrogens is 270 g/mol. The van der Waals surface area contributed by atoms with E-state index in [0.29, 0.717) is 13.0 Å². The smallest absolute Gasteiger partial charge is 0.326 e. The predicted octanol–water partition coefficient (Wildman–Crippen LogP) is 1.50. The average molecular weight is 287 g/mol. The summed E-state index contributed by atoms with van der Waals surface area (Å²) >= 11 is 0. The number of fused-ring (bicyclic) bond motifs is 1. The SMILES string of the molecule is O=C(O)[C@@H]1CCCCN1C(=O)Cn1cnc2ccccc21. The Kier molecular flexibility index (Phi) is 3.60. The van der Waals surface area contributed by atoms with Crippen LogP contribution in [-0.4, -0.2) is 44.0 Å². The topological polar surface area (TPSA) is 75.4 Å². The molecule has 1 aliphatic heterocycles. The van der Waals surface area contributed by atoms with E-state index in [2.05, 4.69) is 4.98 Å². The Morgan fingerprint density at radius 3 is 2.90 bits per heavy atom. The second-order valence-corrected chi connectivity index (χ2v) is 5.30. The number of carbonyl (C=O) groups excluding carboxylic acids is 1. The summed E-state index contributed by atoms with van der Waals surface area (Å²) in [5.74, 6) is -1.08. The van der Waals surface area contributed by atoms with Gasteiger partial charge in [-0.3, -0.25) is 4.79 Å². The Bertz CT molecular complexity index is 680. The second-order valence-electron chi connectivity index (χ2n) is 5.30. The summed E-state index contributed by atoms with van der Waals surface area (Å²) in [6, 6.07) is 6.89. The lowest BCUT2D eigenvalue weighted by atomic mass is 10.0. The summed E-state index contributed by atoms with van der Waals surface area (Å²) in [5, 5.41) is 9.24. The van der Waals surface area contributed by atoms with Gasteiger partial charge >= 0.3 is 5.97 Å². The van der Waals surface area contributed by atoms with Crippen LogP contribution in [0.15, 0.2) is 30.6 Å². The highest BCUT2D eigenvalue weighted by Gasteiger charge is 2.31. The molecule has 1 aliphatic rings. The van der Waals surface area contributed by atoms with E-state index in [9.17, 15) is 14.7 Å². The van der Waals surface area contributed by atoms with Crippen molar-refractivity contribution in [3.8, 4) is 0 Å². The van der Waals surface area contributed by atoms with Gasteiger partial charge in [-0.2, -0.15) is 0 Å². The number of carbonyl (C=O) groups is 2. The van der Waals surface area contributed by atoms with Crippen molar-refractivity contribution >= 4 is 22.9 Å². The fraction of sp³-hybridized carbons (Fsp3) is 0.400. The van der Waals surface area contributed by atoms with E-state index in [0.717, 1.165) is 23.9 Å². The fourth-order valence-electron chi connectivity index (χ4n) is 2.86. The highest BCUT2D eigenvalue weighted by molar-refractivity contribution is 5.85. The molecule has 0 unspecified atom stereocenters. The molecule has 3 rings (SSSR count). The number of carboxylic acid groups (broad SMARTS) is 1. The van der Waals surface area contributed by atoms with Crippen molar-refractivity contribution in [3.63, 3.8) is 0 Å². The predicted molar refractivity (Wildman–Crippen MR) is 76.7 cm³/mol. The van der Waals surface area contributed by atoms with Crippen LogP contribution in [-0.2, 0) is 16.1 Å². The molecule has 0 saturated carbocycles. The van der Waals surface area contributed by atoms with Gasteiger partial charge in [0.1, 0.15) is 12.6 Å². The van der Waals surface area contributed by atoms with E-state index >= 15 is 0 Å². The molecular formula is C15H17N3O3. The number of hydrogen-bond acceptors (Lipinski definition) is 3. The van der Waals surface area contributed by atoms with Crippen LogP contribution in [0.5, 0.6) is 0 Å². The van der Waals surface area contributed by atoms with E-state index < -0.39 is 12.0 Å². The average Bonchev–Trinajstić information content (AvgIpc) is 2.90. The van der Waals surface area contributed by atoms with E-state index in [1.807, 2.05) is 24.3 Å². The molecule has 1 amide bonds. The summed E-state index contributed by atoms with van der Waals surface area (Å²) in [4.78, 5) is 29.4. The van der Waals surface area contributed by atoms with E-state index in [1.54, 1.807) is 10.9 Å². The van der Waals surface area contributed by atoms with Crippen LogP contribution in [0.2, 0.25) is 0 Å². The maximum Gasteiger partial charge on any atom is 0.326 e. The Labute approximate surface area is 122 Å². The summed E-state index contributed by atoms with van der Waals surface area (Å²) in [5.41, 5.74) is 1.72. The number of likely N-dealkylation sites (tertiary alicyclic amines) is 1. The molecule has 6 nitrogen and oxygen atoms in total. The van der Waals surface area contributed by atoms with Crippen LogP contribution < -0.4 is 0 Å². The molecule has 0 bridgehead atoms. The zero-order chi connectivity index (χ0) is 14.8. The van der Waals surface area contributed by atoms with E-state index in [1.165, 1.54) is 4.90 Å². The van der Waals surface area contributed by atoms with Crippen molar-refractivity contribution in [2.24, 2.45) is 0 Å². The van der Waals surface area contributed by atoms with Crippen molar-refractivity contribution in [1.29, 1.82) is 0 Å². The number of carboxylic acids is 1. The third-order valence-corrected chi connectivity index (χ3v) is 3.94. The van der Waals surface area contributed by atoms with Crippen LogP contribution >= 0.6 is 0 Å². The first kappa shape index (κ1) is 13.6. The Hall–Kier alpha value is -2.37. The van der Waals surface area contributed by atoms with Gasteiger partial charge in [-0.1, -0.05) is 12.1 Å². The minimum absolute atomic E-state index is 0.129. The third kappa shape index (κ3) is 2.61. The minimum Gasteiger partial charge on any atom is -0.480 e. The first-order valence-electron chi connectivity index (χ1n) is 7.09. The number of hydrogen-bond donors (Lipinski definition) is 1. The van der Waals surface area contributed by atoms with Gasteiger partial charge in [0.25, 0.3) is 0 Å². The van der Waals surface area contributed by atoms with Crippen molar-refractivity contribution in [3.05, 3.63) is 30.6 Å². The molecule has 0 spiro atoms. The van der Waals surface area contributed by atoms with Gasteiger partial charge in [0.15, 0.2) is 0 Å². The summed E-state index contributed by atoms with van der Waals surface area (Å²) in [7, 11) is 0. The molecule has 6 heteroatoms. The summed E-state index contributed by atoms with van der Waals surface area (Å²) in [6.07, 6.45) is 3.88. The molecule has 1 aromatic heterocycles. The molecule has 1 saturated heterocycles. The fourth-order valence-corrected chi connectivity index (χ4v) is 2.86. The largest absolute Gasteiger partial charge is 0.480 e. The standard InChI is InChI=1S/C15H17N3O3/c19-14(18-8-4-3-7-13(18)15(20)21)9-17-10-16-11-5-1-2-6-12(11)17/h1-2,5-6,10,13H,3-4,7-9H2,(H,20,21)/t13-/m0/s1. The third-order valence-electron chi connectivity index (χ3n) is 3.94. The van der Waals surface area contributed by atoms with Crippen molar-refractivity contribution in [1.82, 2.24) is 14.5 Å². The highest BCUT2D eigenvalue weighted by Crippen LogP contribution is 2.19. The number of aliphatic carboxylic acids is 1. The molecule has 0 aliphatic carbocycles. The van der Waals surface area contributed by atoms with Gasteiger partial charge in [0, 0.05) is 6.54 Å². The zero-order valence-corrected chi connectivity index (χ0v) is 11.6. The van der Waals surface area contributed by atoms with Crippen LogP contribution in [0.4, 0.5) is 0 Å². The van der Waals surface area contributed by atoms with Gasteiger partial charge in [-0.25, -0.2) is 9.78 Å².